The molecule has 1 atom stereocenters. The summed E-state index contributed by atoms with van der Waals surface area (Å²) in [5.74, 6) is 0.399. The van der Waals surface area contributed by atoms with Gasteiger partial charge in [0, 0.05) is 19.3 Å². The Morgan fingerprint density at radius 1 is 1.47 bits per heavy atom. The molecule has 1 N–H and O–H groups in total. The van der Waals surface area contributed by atoms with Gasteiger partial charge in [0.15, 0.2) is 0 Å². The lowest BCUT2D eigenvalue weighted by molar-refractivity contribution is -0.137. The molecule has 1 unspecified atom stereocenters. The van der Waals surface area contributed by atoms with Crippen LogP contribution in [0.25, 0.3) is 0 Å². The second kappa shape index (κ2) is 5.48. The predicted octanol–water partition coefficient (Wildman–Crippen LogP) is 1.68. The van der Waals surface area contributed by atoms with Gasteiger partial charge in [-0.2, -0.15) is 0 Å². The van der Waals surface area contributed by atoms with Crippen LogP contribution >= 0.6 is 0 Å². The van der Waals surface area contributed by atoms with Crippen LogP contribution in [0.2, 0.25) is 0 Å². The summed E-state index contributed by atoms with van der Waals surface area (Å²) in [5.41, 5.74) is 0. The van der Waals surface area contributed by atoms with Gasteiger partial charge in [-0.25, -0.2) is 0 Å². The Morgan fingerprint density at radius 3 is 2.73 bits per heavy atom. The van der Waals surface area contributed by atoms with Crippen LogP contribution in [0.1, 0.15) is 38.5 Å². The molecule has 5 heteroatoms. The summed E-state index contributed by atoms with van der Waals surface area (Å²) >= 11 is 0. The number of hydrogen-bond acceptors (Lipinski definition) is 4. The maximum Gasteiger partial charge on any atom is 0.303 e. The molecule has 15 heavy (non-hydrogen) atoms. The van der Waals surface area contributed by atoms with E-state index in [1.807, 2.05) is 13.8 Å². The van der Waals surface area contributed by atoms with Crippen molar-refractivity contribution in [3.8, 4) is 0 Å². The molecular formula is C10H16N2O3. The molecule has 0 fully saturated rings. The minimum absolute atomic E-state index is 0.0254. The Morgan fingerprint density at radius 2 is 2.13 bits per heavy atom. The molecule has 5 nitrogen and oxygen atoms in total. The SMILES string of the molecule is CCCc1nnc(CC(C)CC(=O)O)o1. The Labute approximate surface area is 88.5 Å². The smallest absolute Gasteiger partial charge is 0.303 e. The van der Waals surface area contributed by atoms with Gasteiger partial charge in [0.05, 0.1) is 0 Å². The number of carboxylic acid groups (broad SMARTS) is 1. The summed E-state index contributed by atoms with van der Waals surface area (Å²) in [6.07, 6.45) is 2.40. The third-order valence-corrected chi connectivity index (χ3v) is 2.02. The first-order valence-corrected chi connectivity index (χ1v) is 5.14. The van der Waals surface area contributed by atoms with Crippen LogP contribution in [0.5, 0.6) is 0 Å². The van der Waals surface area contributed by atoms with Crippen LogP contribution in [-0.2, 0) is 17.6 Å². The first kappa shape index (κ1) is 11.7. The van der Waals surface area contributed by atoms with Crippen molar-refractivity contribution in [3.05, 3.63) is 11.8 Å². The number of nitrogens with zero attached hydrogens (tertiary/aromatic N) is 2. The summed E-state index contributed by atoms with van der Waals surface area (Å²) < 4.78 is 5.36. The van der Waals surface area contributed by atoms with E-state index in [9.17, 15) is 4.79 Å². The molecule has 0 saturated carbocycles. The van der Waals surface area contributed by atoms with Crippen LogP contribution in [0.15, 0.2) is 4.42 Å². The molecular weight excluding hydrogens is 196 g/mol. The maximum absolute atomic E-state index is 10.4. The predicted molar refractivity (Wildman–Crippen MR) is 53.4 cm³/mol. The van der Waals surface area contributed by atoms with Gasteiger partial charge < -0.3 is 9.52 Å². The molecule has 1 rings (SSSR count). The van der Waals surface area contributed by atoms with E-state index < -0.39 is 5.97 Å². The van der Waals surface area contributed by atoms with E-state index in [0.29, 0.717) is 18.2 Å². The Kier molecular flexibility index (Phi) is 4.27. The number of carboxylic acids is 1. The normalized spacial score (nSPS) is 12.7. The topological polar surface area (TPSA) is 76.2 Å². The van der Waals surface area contributed by atoms with E-state index in [-0.39, 0.29) is 12.3 Å². The van der Waals surface area contributed by atoms with Crippen molar-refractivity contribution in [3.63, 3.8) is 0 Å². The highest BCUT2D eigenvalue weighted by Crippen LogP contribution is 2.11. The Hall–Kier alpha value is -1.39. The molecule has 0 saturated heterocycles. The summed E-state index contributed by atoms with van der Waals surface area (Å²) in [7, 11) is 0. The summed E-state index contributed by atoms with van der Waals surface area (Å²) in [5, 5.41) is 16.3. The number of carbonyl (C=O) groups is 1. The van der Waals surface area contributed by atoms with Gasteiger partial charge in [-0.05, 0) is 12.3 Å². The van der Waals surface area contributed by atoms with Crippen molar-refractivity contribution < 1.29 is 14.3 Å². The Balaban J connectivity index is 2.45. The van der Waals surface area contributed by atoms with Gasteiger partial charge in [-0.3, -0.25) is 4.79 Å². The fourth-order valence-electron chi connectivity index (χ4n) is 1.35. The zero-order valence-corrected chi connectivity index (χ0v) is 9.06. The van der Waals surface area contributed by atoms with Crippen molar-refractivity contribution >= 4 is 5.97 Å². The zero-order valence-electron chi connectivity index (χ0n) is 9.06. The third kappa shape index (κ3) is 4.10. The molecule has 0 amide bonds. The molecule has 1 aromatic heterocycles. The second-order valence-electron chi connectivity index (χ2n) is 3.75. The standard InChI is InChI=1S/C10H16N2O3/c1-3-4-8-11-12-9(15-8)5-7(2)6-10(13)14/h7H,3-6H2,1-2H3,(H,13,14). The lowest BCUT2D eigenvalue weighted by atomic mass is 10.0. The van der Waals surface area contributed by atoms with Gasteiger partial charge in [0.2, 0.25) is 11.8 Å². The summed E-state index contributed by atoms with van der Waals surface area (Å²) in [4.78, 5) is 10.4. The lowest BCUT2D eigenvalue weighted by Gasteiger charge is -2.03. The molecule has 0 aliphatic heterocycles. The maximum atomic E-state index is 10.4. The van der Waals surface area contributed by atoms with Gasteiger partial charge in [-0.15, -0.1) is 10.2 Å². The highest BCUT2D eigenvalue weighted by molar-refractivity contribution is 5.66. The van der Waals surface area contributed by atoms with Crippen molar-refractivity contribution in [2.45, 2.75) is 39.5 Å². The minimum atomic E-state index is -0.796. The van der Waals surface area contributed by atoms with Crippen LogP contribution in [-0.4, -0.2) is 21.3 Å². The third-order valence-electron chi connectivity index (χ3n) is 2.02. The van der Waals surface area contributed by atoms with E-state index in [2.05, 4.69) is 10.2 Å². The molecule has 0 aliphatic carbocycles. The fourth-order valence-corrected chi connectivity index (χ4v) is 1.35. The Bertz CT molecular complexity index is 322. The summed E-state index contributed by atoms with van der Waals surface area (Å²) in [6.45, 7) is 3.90. The first-order chi connectivity index (χ1) is 7.11. The van der Waals surface area contributed by atoms with E-state index in [1.54, 1.807) is 0 Å². The van der Waals surface area contributed by atoms with Crippen LogP contribution in [0, 0.1) is 5.92 Å². The molecule has 0 aromatic carbocycles. The van der Waals surface area contributed by atoms with Gasteiger partial charge in [-0.1, -0.05) is 13.8 Å². The van der Waals surface area contributed by atoms with Gasteiger partial charge in [0.25, 0.3) is 0 Å². The van der Waals surface area contributed by atoms with E-state index in [4.69, 9.17) is 9.52 Å². The molecule has 84 valence electrons. The lowest BCUT2D eigenvalue weighted by Crippen LogP contribution is -2.07. The average Bonchev–Trinajstić information content (AvgIpc) is 2.51. The molecule has 1 heterocycles. The van der Waals surface area contributed by atoms with E-state index in [0.717, 1.165) is 12.8 Å². The average molecular weight is 212 g/mol. The molecule has 0 spiro atoms. The van der Waals surface area contributed by atoms with Gasteiger partial charge >= 0.3 is 5.97 Å². The number of hydrogen-bond donors (Lipinski definition) is 1. The molecule has 0 radical (unpaired) electrons. The molecule has 0 bridgehead atoms. The van der Waals surface area contributed by atoms with Crippen LogP contribution in [0.3, 0.4) is 0 Å². The second-order valence-corrected chi connectivity index (χ2v) is 3.75. The fraction of sp³-hybridized carbons (Fsp3) is 0.700. The minimum Gasteiger partial charge on any atom is -0.481 e. The largest absolute Gasteiger partial charge is 0.481 e. The number of aliphatic carboxylic acids is 1. The number of rotatable bonds is 6. The number of aryl methyl sites for hydroxylation is 1. The highest BCUT2D eigenvalue weighted by atomic mass is 16.4. The van der Waals surface area contributed by atoms with Gasteiger partial charge in [0.1, 0.15) is 0 Å². The van der Waals surface area contributed by atoms with Crippen molar-refractivity contribution in [2.75, 3.05) is 0 Å². The first-order valence-electron chi connectivity index (χ1n) is 5.14. The highest BCUT2D eigenvalue weighted by Gasteiger charge is 2.12. The monoisotopic (exact) mass is 212 g/mol. The van der Waals surface area contributed by atoms with Crippen molar-refractivity contribution in [2.24, 2.45) is 5.92 Å². The van der Waals surface area contributed by atoms with Crippen LogP contribution < -0.4 is 0 Å². The van der Waals surface area contributed by atoms with E-state index >= 15 is 0 Å². The molecule has 0 aliphatic rings. The molecule has 1 aromatic rings. The number of aromatic nitrogens is 2. The quantitative estimate of drug-likeness (QED) is 0.776. The van der Waals surface area contributed by atoms with Crippen LogP contribution in [0.4, 0.5) is 0 Å². The zero-order chi connectivity index (χ0) is 11.3. The van der Waals surface area contributed by atoms with E-state index in [1.165, 1.54) is 0 Å². The van der Waals surface area contributed by atoms with Crippen molar-refractivity contribution in [1.82, 2.24) is 10.2 Å². The van der Waals surface area contributed by atoms with Crippen molar-refractivity contribution in [1.29, 1.82) is 0 Å². The summed E-state index contributed by atoms with van der Waals surface area (Å²) in [6, 6.07) is 0.